The predicted molar refractivity (Wildman–Crippen MR) is 40.6 cm³/mol. The Bertz CT molecular complexity index is 301. The standard InChI is InChI=1S/C6H8N2.CH3.3O.Re/c7-5-6-3-1-2-4-8-6;;;;;/h1-4H,5,7H2;1H3;;;;/q;-1;;;;. The topological polar surface area (TPSA) is 90.1 Å². The second-order valence-electron chi connectivity index (χ2n) is 1.71. The first kappa shape index (κ1) is 14.7. The fourth-order valence-electron chi connectivity index (χ4n) is 0.519. The molecule has 0 radical (unpaired) electrons. The van der Waals surface area contributed by atoms with Gasteiger partial charge in [-0.15, -0.1) is 0 Å². The zero-order valence-electron chi connectivity index (χ0n) is 7.14. The van der Waals surface area contributed by atoms with E-state index in [1.807, 2.05) is 18.2 Å². The van der Waals surface area contributed by atoms with Crippen molar-refractivity contribution >= 4 is 0 Å². The normalized spacial score (nSPS) is 7.46. The Kier molecular flexibility index (Phi) is 10.5. The summed E-state index contributed by atoms with van der Waals surface area (Å²) in [4.78, 5) is 3.97. The fraction of sp³-hybridized carbons (Fsp3) is 0.143. The van der Waals surface area contributed by atoms with Crippen molar-refractivity contribution in [2.24, 2.45) is 5.73 Å². The van der Waals surface area contributed by atoms with Crippen LogP contribution in [0.25, 0.3) is 0 Å². The molecule has 0 spiro atoms. The third-order valence-electron chi connectivity index (χ3n) is 0.935. The van der Waals surface area contributed by atoms with E-state index in [-0.39, 0.29) is 7.43 Å². The molecule has 0 aliphatic carbocycles. The summed E-state index contributed by atoms with van der Waals surface area (Å²) in [5.74, 6) is 0. The third kappa shape index (κ3) is 11.2. The van der Waals surface area contributed by atoms with Crippen LogP contribution in [0.4, 0.5) is 0 Å². The summed E-state index contributed by atoms with van der Waals surface area (Å²) in [7, 11) is 0. The van der Waals surface area contributed by atoms with Gasteiger partial charge in [-0.3, -0.25) is 4.98 Å². The van der Waals surface area contributed by atoms with Crippen molar-refractivity contribution in [3.63, 3.8) is 0 Å². The maximum absolute atomic E-state index is 8.60. The van der Waals surface area contributed by atoms with Crippen molar-refractivity contribution in [1.29, 1.82) is 0 Å². The van der Waals surface area contributed by atoms with Gasteiger partial charge in [0.05, 0.1) is 5.69 Å². The molecule has 0 fully saturated rings. The van der Waals surface area contributed by atoms with Crippen LogP contribution in [0, 0.1) is 7.43 Å². The first-order chi connectivity index (χ1) is 5.66. The van der Waals surface area contributed by atoms with Gasteiger partial charge in [-0.25, -0.2) is 0 Å². The third-order valence-corrected chi connectivity index (χ3v) is 0.935. The average Bonchev–Trinajstić information content (AvgIpc) is 2.05. The van der Waals surface area contributed by atoms with Crippen LogP contribution >= 0.6 is 0 Å². The van der Waals surface area contributed by atoms with Crippen molar-refractivity contribution in [3.05, 3.63) is 37.5 Å². The van der Waals surface area contributed by atoms with Crippen LogP contribution in [-0.4, -0.2) is 4.98 Å². The number of aromatic nitrogens is 1. The summed E-state index contributed by atoms with van der Waals surface area (Å²) < 4.78 is 25.8. The molecule has 1 heterocycles. The number of nitrogens with zero attached hydrogens (tertiary/aromatic N) is 1. The van der Waals surface area contributed by atoms with Gasteiger partial charge in [0.25, 0.3) is 0 Å². The van der Waals surface area contributed by atoms with E-state index in [0.717, 1.165) is 5.69 Å². The van der Waals surface area contributed by atoms with E-state index >= 15 is 0 Å². The molecule has 1 aromatic heterocycles. The van der Waals surface area contributed by atoms with E-state index in [1.54, 1.807) is 6.20 Å². The number of hydrogen-bond acceptors (Lipinski definition) is 5. The van der Waals surface area contributed by atoms with Crippen LogP contribution in [0.1, 0.15) is 5.69 Å². The monoisotopic (exact) mass is 358 g/mol. The summed E-state index contributed by atoms with van der Waals surface area (Å²) >= 11 is -4.21. The Morgan fingerprint density at radius 3 is 2.08 bits per heavy atom. The maximum atomic E-state index is 8.60. The summed E-state index contributed by atoms with van der Waals surface area (Å²) in [6.07, 6.45) is 1.74. The van der Waals surface area contributed by atoms with Gasteiger partial charge >= 0.3 is 27.0 Å². The predicted octanol–water partition coefficient (Wildman–Crippen LogP) is 0.632. The summed E-state index contributed by atoms with van der Waals surface area (Å²) in [6.45, 7) is 0.529. The van der Waals surface area contributed by atoms with Gasteiger partial charge in [0.15, 0.2) is 0 Å². The molecule has 0 amide bonds. The molecule has 0 aliphatic rings. The minimum atomic E-state index is -4.21. The van der Waals surface area contributed by atoms with E-state index in [4.69, 9.17) is 16.1 Å². The zero-order valence-corrected chi connectivity index (χ0v) is 9.86. The van der Waals surface area contributed by atoms with Crippen LogP contribution in [0.15, 0.2) is 24.4 Å². The van der Waals surface area contributed by atoms with Crippen LogP contribution in [-0.2, 0) is 33.6 Å². The molecular formula is C7H11N2O3Re-. The first-order valence-corrected chi connectivity index (χ1v) is 6.32. The van der Waals surface area contributed by atoms with Gasteiger partial charge in [0, 0.05) is 12.7 Å². The quantitative estimate of drug-likeness (QED) is 0.745. The van der Waals surface area contributed by atoms with Crippen LogP contribution in [0.3, 0.4) is 0 Å². The minimum absolute atomic E-state index is 0. The van der Waals surface area contributed by atoms with Gasteiger partial charge in [-0.1, -0.05) is 6.07 Å². The summed E-state index contributed by atoms with van der Waals surface area (Å²) in [5, 5.41) is 0. The number of hydrogen-bond donors (Lipinski definition) is 1. The second kappa shape index (κ2) is 9.26. The Hall–Kier alpha value is -0.828. The van der Waals surface area contributed by atoms with Gasteiger partial charge in [0.2, 0.25) is 0 Å². The van der Waals surface area contributed by atoms with E-state index in [0.29, 0.717) is 6.54 Å². The van der Waals surface area contributed by atoms with Crippen molar-refractivity contribution in [1.82, 2.24) is 4.98 Å². The number of pyridine rings is 1. The molecule has 0 bridgehead atoms. The number of rotatable bonds is 1. The summed E-state index contributed by atoms with van der Waals surface area (Å²) in [5.41, 5.74) is 6.22. The molecule has 0 unspecified atom stereocenters. The SMILES string of the molecule is NCc1ccccn1.[CH3-].[O]=[Re](=[O])=[O]. The molecule has 0 saturated heterocycles. The fourth-order valence-corrected chi connectivity index (χ4v) is 0.519. The Balaban J connectivity index is 0. The molecule has 75 valence electrons. The average molecular weight is 357 g/mol. The van der Waals surface area contributed by atoms with Crippen molar-refractivity contribution in [2.75, 3.05) is 0 Å². The number of nitrogens with two attached hydrogens (primary N) is 1. The molecule has 5 nitrogen and oxygen atoms in total. The second-order valence-corrected chi connectivity index (χ2v) is 3.07. The Labute approximate surface area is 82.1 Å². The molecule has 0 saturated carbocycles. The van der Waals surface area contributed by atoms with Crippen LogP contribution in [0.5, 0.6) is 0 Å². The molecule has 0 aliphatic heterocycles. The van der Waals surface area contributed by atoms with Gasteiger partial charge in [-0.2, -0.15) is 0 Å². The zero-order chi connectivity index (χ0) is 9.40. The molecule has 1 aromatic rings. The molecule has 1 rings (SSSR count). The molecule has 2 N–H and O–H groups in total. The van der Waals surface area contributed by atoms with Crippen LogP contribution in [0.2, 0.25) is 0 Å². The van der Waals surface area contributed by atoms with Crippen molar-refractivity contribution in [3.8, 4) is 0 Å². The summed E-state index contributed by atoms with van der Waals surface area (Å²) in [6, 6.07) is 5.70. The van der Waals surface area contributed by atoms with Crippen LogP contribution < -0.4 is 5.73 Å². The van der Waals surface area contributed by atoms with Crippen molar-refractivity contribution in [2.45, 2.75) is 6.54 Å². The van der Waals surface area contributed by atoms with E-state index in [2.05, 4.69) is 4.98 Å². The van der Waals surface area contributed by atoms with Gasteiger partial charge in [-0.05, 0) is 12.1 Å². The molecule has 0 atom stereocenters. The van der Waals surface area contributed by atoms with Gasteiger partial charge < -0.3 is 13.2 Å². The molecule has 6 heteroatoms. The van der Waals surface area contributed by atoms with Gasteiger partial charge in [0.1, 0.15) is 0 Å². The molecule has 13 heavy (non-hydrogen) atoms. The van der Waals surface area contributed by atoms with E-state index in [9.17, 15) is 0 Å². The molecule has 0 aromatic carbocycles. The Morgan fingerprint density at radius 1 is 1.31 bits per heavy atom. The van der Waals surface area contributed by atoms with Crippen molar-refractivity contribution < 1.29 is 27.0 Å². The van der Waals surface area contributed by atoms with E-state index in [1.165, 1.54) is 0 Å². The van der Waals surface area contributed by atoms with E-state index < -0.39 is 16.6 Å². The Morgan fingerprint density at radius 2 is 1.85 bits per heavy atom. The molecular weight excluding hydrogens is 346 g/mol. The first-order valence-electron chi connectivity index (χ1n) is 3.00.